The van der Waals surface area contributed by atoms with Crippen molar-refractivity contribution in [1.82, 2.24) is 5.32 Å². The van der Waals surface area contributed by atoms with Crippen molar-refractivity contribution in [1.29, 1.82) is 5.26 Å². The summed E-state index contributed by atoms with van der Waals surface area (Å²) in [5.74, 6) is 0.836. The normalized spacial score (nSPS) is 11.2. The minimum atomic E-state index is -0.530. The molecule has 1 aromatic carbocycles. The zero-order valence-electron chi connectivity index (χ0n) is 13.3. The Labute approximate surface area is 159 Å². The zero-order chi connectivity index (χ0) is 18.5. The molecule has 0 aliphatic carbocycles. The Morgan fingerprint density at radius 1 is 1.15 bits per heavy atom. The summed E-state index contributed by atoms with van der Waals surface area (Å²) in [6.07, 6.45) is 2.86. The van der Waals surface area contributed by atoms with Crippen LogP contribution in [-0.4, -0.2) is 5.91 Å². The molecule has 0 saturated heterocycles. The lowest BCUT2D eigenvalue weighted by Crippen LogP contribution is -2.23. The topological polar surface area (TPSA) is 79.2 Å². The van der Waals surface area contributed by atoms with Crippen LogP contribution < -0.4 is 5.32 Å². The maximum absolute atomic E-state index is 12.1. The fraction of sp³-hybridized carbons (Fsp3) is 0.0526. The van der Waals surface area contributed by atoms with E-state index in [0.29, 0.717) is 32.9 Å². The van der Waals surface area contributed by atoms with E-state index in [4.69, 9.17) is 32.0 Å². The van der Waals surface area contributed by atoms with Gasteiger partial charge in [-0.05, 0) is 36.4 Å². The number of amides is 1. The number of carbonyl (C=O) groups excluding carboxylic acids is 1. The van der Waals surface area contributed by atoms with Gasteiger partial charge in [-0.3, -0.25) is 4.79 Å². The van der Waals surface area contributed by atoms with Gasteiger partial charge in [0.25, 0.3) is 5.91 Å². The summed E-state index contributed by atoms with van der Waals surface area (Å²) in [6.45, 7) is 0.184. The number of carbonyl (C=O) groups is 1. The number of benzene rings is 1. The average molecular weight is 387 g/mol. The molecule has 26 heavy (non-hydrogen) atoms. The molecule has 0 atom stereocenters. The molecule has 7 heteroatoms. The molecule has 1 amide bonds. The van der Waals surface area contributed by atoms with Crippen LogP contribution in [0.15, 0.2) is 63.1 Å². The van der Waals surface area contributed by atoms with Crippen molar-refractivity contribution in [2.45, 2.75) is 6.54 Å². The Bertz CT molecular complexity index is 978. The first-order chi connectivity index (χ1) is 12.6. The SMILES string of the molecule is N#C/C(=C/c1ccc(-c2c(Cl)cccc2Cl)o1)C(=O)NCc1ccco1. The van der Waals surface area contributed by atoms with E-state index in [1.54, 1.807) is 42.5 Å². The molecule has 0 saturated carbocycles. The molecule has 0 radical (unpaired) electrons. The van der Waals surface area contributed by atoms with Crippen LogP contribution in [0.25, 0.3) is 17.4 Å². The molecule has 0 bridgehead atoms. The Morgan fingerprint density at radius 3 is 2.58 bits per heavy atom. The van der Waals surface area contributed by atoms with Crippen molar-refractivity contribution in [2.24, 2.45) is 0 Å². The van der Waals surface area contributed by atoms with E-state index in [0.717, 1.165) is 0 Å². The van der Waals surface area contributed by atoms with E-state index < -0.39 is 5.91 Å². The second-order valence-electron chi connectivity index (χ2n) is 5.23. The maximum Gasteiger partial charge on any atom is 0.262 e. The van der Waals surface area contributed by atoms with Crippen molar-refractivity contribution in [3.8, 4) is 17.4 Å². The van der Waals surface area contributed by atoms with Crippen LogP contribution >= 0.6 is 23.2 Å². The first kappa shape index (κ1) is 17.9. The molecule has 2 heterocycles. The molecule has 0 aliphatic heterocycles. The van der Waals surface area contributed by atoms with Crippen molar-refractivity contribution in [3.05, 3.63) is 75.9 Å². The third kappa shape index (κ3) is 3.99. The van der Waals surface area contributed by atoms with Crippen LogP contribution in [-0.2, 0) is 11.3 Å². The van der Waals surface area contributed by atoms with Gasteiger partial charge in [0.15, 0.2) is 0 Å². The number of rotatable bonds is 5. The van der Waals surface area contributed by atoms with E-state index in [2.05, 4.69) is 5.32 Å². The fourth-order valence-electron chi connectivity index (χ4n) is 2.26. The Kier molecular flexibility index (Phi) is 5.47. The number of hydrogen-bond acceptors (Lipinski definition) is 4. The first-order valence-electron chi connectivity index (χ1n) is 7.55. The van der Waals surface area contributed by atoms with Gasteiger partial charge in [0.05, 0.1) is 28.4 Å². The minimum Gasteiger partial charge on any atom is -0.467 e. The van der Waals surface area contributed by atoms with Crippen molar-refractivity contribution >= 4 is 35.2 Å². The van der Waals surface area contributed by atoms with Crippen LogP contribution in [0.4, 0.5) is 0 Å². The third-order valence-corrected chi connectivity index (χ3v) is 4.12. The molecular formula is C19H12Cl2N2O3. The lowest BCUT2D eigenvalue weighted by molar-refractivity contribution is -0.117. The highest BCUT2D eigenvalue weighted by Crippen LogP contribution is 2.35. The van der Waals surface area contributed by atoms with Crippen molar-refractivity contribution in [3.63, 3.8) is 0 Å². The Morgan fingerprint density at radius 2 is 1.92 bits per heavy atom. The van der Waals surface area contributed by atoms with E-state index in [9.17, 15) is 10.1 Å². The summed E-state index contributed by atoms with van der Waals surface area (Å²) in [4.78, 5) is 12.1. The number of nitrogens with one attached hydrogen (secondary N) is 1. The summed E-state index contributed by atoms with van der Waals surface area (Å²) in [6, 6.07) is 13.7. The van der Waals surface area contributed by atoms with Gasteiger partial charge in [-0.1, -0.05) is 29.3 Å². The summed E-state index contributed by atoms with van der Waals surface area (Å²) in [5, 5.41) is 12.7. The van der Waals surface area contributed by atoms with Crippen LogP contribution in [0.1, 0.15) is 11.5 Å². The number of halogens is 2. The van der Waals surface area contributed by atoms with Gasteiger partial charge in [0.1, 0.15) is 28.9 Å². The fourth-order valence-corrected chi connectivity index (χ4v) is 2.85. The largest absolute Gasteiger partial charge is 0.467 e. The minimum absolute atomic E-state index is 0.0947. The molecule has 130 valence electrons. The summed E-state index contributed by atoms with van der Waals surface area (Å²) in [7, 11) is 0. The zero-order valence-corrected chi connectivity index (χ0v) is 14.8. The van der Waals surface area contributed by atoms with Gasteiger partial charge in [-0.2, -0.15) is 5.26 Å². The second kappa shape index (κ2) is 7.96. The van der Waals surface area contributed by atoms with E-state index in [1.165, 1.54) is 12.3 Å². The Hall–Kier alpha value is -2.94. The monoisotopic (exact) mass is 386 g/mol. The van der Waals surface area contributed by atoms with Gasteiger partial charge in [-0.15, -0.1) is 0 Å². The van der Waals surface area contributed by atoms with E-state index in [1.807, 2.05) is 6.07 Å². The van der Waals surface area contributed by atoms with Gasteiger partial charge in [0.2, 0.25) is 0 Å². The molecule has 1 N–H and O–H groups in total. The van der Waals surface area contributed by atoms with E-state index >= 15 is 0 Å². The lowest BCUT2D eigenvalue weighted by Gasteiger charge is -2.03. The van der Waals surface area contributed by atoms with Gasteiger partial charge >= 0.3 is 0 Å². The smallest absolute Gasteiger partial charge is 0.262 e. The molecule has 0 unspecified atom stereocenters. The van der Waals surface area contributed by atoms with Gasteiger partial charge < -0.3 is 14.2 Å². The first-order valence-corrected chi connectivity index (χ1v) is 8.30. The molecule has 2 aromatic heterocycles. The van der Waals surface area contributed by atoms with Gasteiger partial charge in [-0.25, -0.2) is 0 Å². The predicted octanol–water partition coefficient (Wildman–Crippen LogP) is 5.07. The molecule has 0 spiro atoms. The number of furan rings is 2. The summed E-state index contributed by atoms with van der Waals surface area (Å²) >= 11 is 12.3. The Balaban J connectivity index is 1.79. The number of hydrogen-bond donors (Lipinski definition) is 1. The summed E-state index contributed by atoms with van der Waals surface area (Å²) in [5.41, 5.74) is 0.457. The van der Waals surface area contributed by atoms with Crippen LogP contribution in [0.3, 0.4) is 0 Å². The number of nitriles is 1. The predicted molar refractivity (Wildman–Crippen MR) is 98.3 cm³/mol. The maximum atomic E-state index is 12.1. The van der Waals surface area contributed by atoms with E-state index in [-0.39, 0.29) is 12.1 Å². The average Bonchev–Trinajstić information content (AvgIpc) is 3.29. The van der Waals surface area contributed by atoms with Crippen LogP contribution in [0.2, 0.25) is 10.0 Å². The van der Waals surface area contributed by atoms with Crippen molar-refractivity contribution in [2.75, 3.05) is 0 Å². The molecule has 5 nitrogen and oxygen atoms in total. The molecule has 3 aromatic rings. The van der Waals surface area contributed by atoms with Gasteiger partial charge in [0, 0.05) is 6.08 Å². The quantitative estimate of drug-likeness (QED) is 0.490. The number of nitrogens with zero attached hydrogens (tertiary/aromatic N) is 1. The van der Waals surface area contributed by atoms with Crippen molar-refractivity contribution < 1.29 is 13.6 Å². The standard InChI is InChI=1S/C19H12Cl2N2O3/c20-15-4-1-5-16(21)18(15)17-7-6-13(26-17)9-12(10-22)19(24)23-11-14-3-2-8-25-14/h1-9H,11H2,(H,23,24)/b12-9-. The third-order valence-electron chi connectivity index (χ3n) is 3.49. The lowest BCUT2D eigenvalue weighted by atomic mass is 10.2. The molecule has 0 fully saturated rings. The highest BCUT2D eigenvalue weighted by atomic mass is 35.5. The highest BCUT2D eigenvalue weighted by Gasteiger charge is 2.14. The summed E-state index contributed by atoms with van der Waals surface area (Å²) < 4.78 is 10.8. The van der Waals surface area contributed by atoms with Crippen LogP contribution in [0, 0.1) is 11.3 Å². The molecular weight excluding hydrogens is 375 g/mol. The highest BCUT2D eigenvalue weighted by molar-refractivity contribution is 6.39. The second-order valence-corrected chi connectivity index (χ2v) is 6.04. The van der Waals surface area contributed by atoms with Crippen LogP contribution in [0.5, 0.6) is 0 Å². The molecule has 0 aliphatic rings. The molecule has 3 rings (SSSR count).